The smallest absolute Gasteiger partial charge is 0.0543 e. The zero-order valence-electron chi connectivity index (χ0n) is 31.7. The van der Waals surface area contributed by atoms with Gasteiger partial charge in [-0.1, -0.05) is 167 Å². The van der Waals surface area contributed by atoms with Gasteiger partial charge in [0.05, 0.1) is 5.69 Å². The summed E-state index contributed by atoms with van der Waals surface area (Å²) in [6.07, 6.45) is 0. The van der Waals surface area contributed by atoms with Crippen molar-refractivity contribution in [2.75, 3.05) is 4.90 Å². The molecule has 0 aromatic heterocycles. The minimum absolute atomic E-state index is 0.0905. The second-order valence-corrected chi connectivity index (χ2v) is 16.5. The van der Waals surface area contributed by atoms with Crippen molar-refractivity contribution < 1.29 is 0 Å². The first-order chi connectivity index (χ1) is 26.8. The van der Waals surface area contributed by atoms with Gasteiger partial charge >= 0.3 is 0 Å². The summed E-state index contributed by atoms with van der Waals surface area (Å²) in [7, 11) is 0. The molecule has 0 unspecified atom stereocenters. The molecule has 55 heavy (non-hydrogen) atoms. The molecule has 0 amide bonds. The Balaban J connectivity index is 1.07. The maximum absolute atomic E-state index is 2.50. The number of fused-ring (bicyclic) bond motifs is 11. The van der Waals surface area contributed by atoms with Crippen LogP contribution in [0, 0.1) is 0 Å². The van der Waals surface area contributed by atoms with E-state index < -0.39 is 0 Å². The quantitative estimate of drug-likeness (QED) is 0.165. The Morgan fingerprint density at radius 1 is 0.364 bits per heavy atom. The highest BCUT2D eigenvalue weighted by Gasteiger charge is 2.39. The number of benzene rings is 9. The van der Waals surface area contributed by atoms with E-state index in [0.29, 0.717) is 0 Å². The monoisotopic (exact) mass is 703 g/mol. The molecule has 0 bridgehead atoms. The van der Waals surface area contributed by atoms with Crippen molar-refractivity contribution in [3.63, 3.8) is 0 Å². The molecule has 2 aliphatic rings. The van der Waals surface area contributed by atoms with Gasteiger partial charge in [0.15, 0.2) is 0 Å². The molecule has 1 heteroatoms. The molecule has 0 atom stereocenters. The van der Waals surface area contributed by atoms with Gasteiger partial charge in [-0.2, -0.15) is 0 Å². The Labute approximate surface area is 323 Å². The van der Waals surface area contributed by atoms with E-state index in [1.165, 1.54) is 99.3 Å². The molecule has 9 aromatic carbocycles. The fraction of sp³-hybridized carbons (Fsp3) is 0.111. The topological polar surface area (TPSA) is 3.24 Å². The summed E-state index contributed by atoms with van der Waals surface area (Å²) in [6.45, 7) is 9.47. The van der Waals surface area contributed by atoms with Crippen LogP contribution < -0.4 is 4.90 Å². The van der Waals surface area contributed by atoms with Crippen LogP contribution in [0.4, 0.5) is 17.1 Å². The molecule has 0 fully saturated rings. The number of hydrogen-bond donors (Lipinski definition) is 0. The second kappa shape index (κ2) is 11.5. The summed E-state index contributed by atoms with van der Waals surface area (Å²) in [5.74, 6) is 0. The molecule has 11 rings (SSSR count). The maximum atomic E-state index is 2.50. The van der Waals surface area contributed by atoms with Crippen molar-refractivity contribution in [2.45, 2.75) is 38.5 Å². The largest absolute Gasteiger partial charge is 0.310 e. The van der Waals surface area contributed by atoms with E-state index in [2.05, 4.69) is 209 Å². The highest BCUT2D eigenvalue weighted by Crippen LogP contribution is 2.55. The number of nitrogens with zero attached hydrogens (tertiary/aromatic N) is 1. The molecule has 0 spiro atoms. The van der Waals surface area contributed by atoms with Crippen LogP contribution in [-0.2, 0) is 10.8 Å². The van der Waals surface area contributed by atoms with Crippen LogP contribution in [0.15, 0.2) is 176 Å². The van der Waals surface area contributed by atoms with E-state index in [0.717, 1.165) is 5.69 Å². The summed E-state index contributed by atoms with van der Waals surface area (Å²) in [5.41, 5.74) is 16.6. The predicted molar refractivity (Wildman–Crippen MR) is 234 cm³/mol. The summed E-state index contributed by atoms with van der Waals surface area (Å²) in [5, 5.41) is 7.74. The van der Waals surface area contributed by atoms with Gasteiger partial charge in [-0.3, -0.25) is 0 Å². The van der Waals surface area contributed by atoms with Crippen LogP contribution in [0.1, 0.15) is 49.9 Å². The van der Waals surface area contributed by atoms with Crippen molar-refractivity contribution in [2.24, 2.45) is 0 Å². The van der Waals surface area contributed by atoms with Gasteiger partial charge in [-0.25, -0.2) is 0 Å². The van der Waals surface area contributed by atoms with Gasteiger partial charge in [0.2, 0.25) is 0 Å². The van der Waals surface area contributed by atoms with E-state index in [1.807, 2.05) is 0 Å². The Morgan fingerprint density at radius 2 is 0.945 bits per heavy atom. The summed E-state index contributed by atoms with van der Waals surface area (Å²) in [6, 6.07) is 65.8. The van der Waals surface area contributed by atoms with E-state index in [4.69, 9.17) is 0 Å². The molecular formula is C54H41N. The minimum atomic E-state index is -0.0988. The third kappa shape index (κ3) is 4.60. The van der Waals surface area contributed by atoms with E-state index in [1.54, 1.807) is 0 Å². The average Bonchev–Trinajstić information content (AvgIpc) is 3.60. The molecule has 262 valence electrons. The molecule has 0 saturated carbocycles. The molecule has 9 aromatic rings. The Bertz CT molecular complexity index is 3030. The maximum Gasteiger partial charge on any atom is 0.0543 e. The lowest BCUT2D eigenvalue weighted by Gasteiger charge is -2.30. The summed E-state index contributed by atoms with van der Waals surface area (Å²) < 4.78 is 0. The lowest BCUT2D eigenvalue weighted by molar-refractivity contribution is 0.660. The average molecular weight is 704 g/mol. The van der Waals surface area contributed by atoms with Gasteiger partial charge in [0, 0.05) is 27.8 Å². The third-order valence-corrected chi connectivity index (χ3v) is 12.8. The SMILES string of the molecule is CC1(C)c2ccccc2-c2ccc(N(c3ccc(-c4ccc5c(ccc6ccc7ccccc7c65)c4)cc3)c3cccc4c3-c3ccccc3C4(C)C)cc21. The van der Waals surface area contributed by atoms with Crippen LogP contribution >= 0.6 is 0 Å². The first-order valence-electron chi connectivity index (χ1n) is 19.5. The summed E-state index contributed by atoms with van der Waals surface area (Å²) in [4.78, 5) is 2.50. The van der Waals surface area contributed by atoms with Gasteiger partial charge in [-0.05, 0) is 119 Å². The van der Waals surface area contributed by atoms with Crippen LogP contribution in [0.2, 0.25) is 0 Å². The molecule has 0 radical (unpaired) electrons. The molecular weight excluding hydrogens is 663 g/mol. The molecule has 0 aliphatic heterocycles. The lowest BCUT2D eigenvalue weighted by atomic mass is 9.82. The number of anilines is 3. The first kappa shape index (κ1) is 32.0. The summed E-state index contributed by atoms with van der Waals surface area (Å²) >= 11 is 0. The van der Waals surface area contributed by atoms with Crippen LogP contribution in [0.5, 0.6) is 0 Å². The number of rotatable bonds is 4. The zero-order valence-corrected chi connectivity index (χ0v) is 31.7. The van der Waals surface area contributed by atoms with Crippen molar-refractivity contribution in [3.05, 3.63) is 198 Å². The van der Waals surface area contributed by atoms with Gasteiger partial charge in [-0.15, -0.1) is 0 Å². The third-order valence-electron chi connectivity index (χ3n) is 12.8. The van der Waals surface area contributed by atoms with Gasteiger partial charge in [0.1, 0.15) is 0 Å². The Morgan fingerprint density at radius 3 is 1.76 bits per heavy atom. The van der Waals surface area contributed by atoms with Crippen molar-refractivity contribution in [1.29, 1.82) is 0 Å². The zero-order chi connectivity index (χ0) is 37.1. The molecule has 0 N–H and O–H groups in total. The predicted octanol–water partition coefficient (Wildman–Crippen LogP) is 14.9. The molecule has 2 aliphatic carbocycles. The van der Waals surface area contributed by atoms with Crippen molar-refractivity contribution in [3.8, 4) is 33.4 Å². The number of hydrogen-bond acceptors (Lipinski definition) is 1. The van der Waals surface area contributed by atoms with Crippen LogP contribution in [0.25, 0.3) is 65.7 Å². The molecule has 0 saturated heterocycles. The Hall–Kier alpha value is -6.44. The standard InChI is InChI=1S/C54H41N/c1-53(2)47-17-10-8-15-45(47)52-48(53)18-11-19-50(52)55(40-29-31-44-43-14-7-9-16-46(43)54(3,4)49(44)33-40)39-27-24-34(25-28-39)37-26-30-42-38(32-37)23-22-36-21-20-35-12-5-6-13-41(35)51(36)42/h5-33H,1-4H3. The van der Waals surface area contributed by atoms with Crippen molar-refractivity contribution in [1.82, 2.24) is 0 Å². The normalized spacial score (nSPS) is 14.5. The minimum Gasteiger partial charge on any atom is -0.310 e. The van der Waals surface area contributed by atoms with Gasteiger partial charge in [0.25, 0.3) is 0 Å². The highest BCUT2D eigenvalue weighted by atomic mass is 15.1. The fourth-order valence-electron chi connectivity index (χ4n) is 10.00. The van der Waals surface area contributed by atoms with E-state index in [9.17, 15) is 0 Å². The lowest BCUT2D eigenvalue weighted by Crippen LogP contribution is -2.17. The Kier molecular flexibility index (Phi) is 6.72. The first-order valence-corrected chi connectivity index (χ1v) is 19.5. The molecule has 1 nitrogen and oxygen atoms in total. The fourth-order valence-corrected chi connectivity index (χ4v) is 10.00. The van der Waals surface area contributed by atoms with Crippen LogP contribution in [0.3, 0.4) is 0 Å². The van der Waals surface area contributed by atoms with Crippen LogP contribution in [-0.4, -0.2) is 0 Å². The van der Waals surface area contributed by atoms with E-state index >= 15 is 0 Å². The van der Waals surface area contributed by atoms with E-state index in [-0.39, 0.29) is 10.8 Å². The second-order valence-electron chi connectivity index (χ2n) is 16.5. The molecule has 0 heterocycles. The van der Waals surface area contributed by atoms with Crippen molar-refractivity contribution >= 4 is 49.4 Å². The highest BCUT2D eigenvalue weighted by molar-refractivity contribution is 6.20. The van der Waals surface area contributed by atoms with Gasteiger partial charge < -0.3 is 4.90 Å².